The molecule has 25 heavy (non-hydrogen) atoms. The molecule has 0 spiro atoms. The monoisotopic (exact) mass is 409 g/mol. The maximum atomic E-state index is 8.70. The number of hydrogen-bond donors (Lipinski definition) is 2. The fourth-order valence-electron chi connectivity index (χ4n) is 2.32. The van der Waals surface area contributed by atoms with Gasteiger partial charge < -0.3 is 24.6 Å². The zero-order chi connectivity index (χ0) is 17.9. The first-order chi connectivity index (χ1) is 12.3. The number of halogens is 1. The average Bonchev–Trinajstić information content (AvgIpc) is 2.65. The molecule has 0 saturated heterocycles. The highest BCUT2D eigenvalue weighted by molar-refractivity contribution is 9.10. The molecule has 0 atom stereocenters. The predicted molar refractivity (Wildman–Crippen MR) is 101 cm³/mol. The van der Waals surface area contributed by atoms with Gasteiger partial charge in [0.2, 0.25) is 0 Å². The highest BCUT2D eigenvalue weighted by Gasteiger charge is 2.14. The summed E-state index contributed by atoms with van der Waals surface area (Å²) in [5.41, 5.74) is 2.10. The number of ether oxygens (including phenoxy) is 3. The topological polar surface area (TPSA) is 60.0 Å². The molecule has 0 aliphatic carbocycles. The van der Waals surface area contributed by atoms with E-state index in [1.807, 2.05) is 42.5 Å². The quantitative estimate of drug-likeness (QED) is 0.558. The lowest BCUT2D eigenvalue weighted by molar-refractivity contribution is 0.0937. The van der Waals surface area contributed by atoms with Gasteiger partial charge >= 0.3 is 0 Å². The Morgan fingerprint density at radius 3 is 2.60 bits per heavy atom. The third-order valence-electron chi connectivity index (χ3n) is 3.57. The van der Waals surface area contributed by atoms with E-state index in [1.54, 1.807) is 7.11 Å². The molecule has 0 heterocycles. The predicted octanol–water partition coefficient (Wildman–Crippen LogP) is 3.14. The molecule has 0 saturated carbocycles. The molecule has 0 fully saturated rings. The normalized spacial score (nSPS) is 10.7. The van der Waals surface area contributed by atoms with Crippen LogP contribution in [0.3, 0.4) is 0 Å². The molecule has 0 bridgehead atoms. The van der Waals surface area contributed by atoms with Gasteiger partial charge in [-0.25, -0.2) is 0 Å². The van der Waals surface area contributed by atoms with Crippen LogP contribution in [0.1, 0.15) is 11.1 Å². The van der Waals surface area contributed by atoms with Crippen LogP contribution < -0.4 is 14.8 Å². The van der Waals surface area contributed by atoms with Crippen molar-refractivity contribution in [1.82, 2.24) is 5.32 Å². The molecule has 2 N–H and O–H groups in total. The smallest absolute Gasteiger partial charge is 0.167 e. The molecular weight excluding hydrogens is 386 g/mol. The van der Waals surface area contributed by atoms with Crippen LogP contribution in [0.2, 0.25) is 0 Å². The molecule has 0 aliphatic heterocycles. The summed E-state index contributed by atoms with van der Waals surface area (Å²) in [4.78, 5) is 0. The van der Waals surface area contributed by atoms with Crippen molar-refractivity contribution in [3.05, 3.63) is 58.1 Å². The summed E-state index contributed by atoms with van der Waals surface area (Å²) in [6.07, 6.45) is 0. The van der Waals surface area contributed by atoms with E-state index in [1.165, 1.54) is 0 Å². The molecule has 0 aliphatic rings. The summed E-state index contributed by atoms with van der Waals surface area (Å²) in [6, 6.07) is 13.9. The van der Waals surface area contributed by atoms with Crippen molar-refractivity contribution in [1.29, 1.82) is 0 Å². The fourth-order valence-corrected chi connectivity index (χ4v) is 2.77. The van der Waals surface area contributed by atoms with Crippen molar-refractivity contribution in [3.8, 4) is 11.5 Å². The zero-order valence-electron chi connectivity index (χ0n) is 14.3. The Balaban J connectivity index is 2.03. The van der Waals surface area contributed by atoms with Crippen LogP contribution in [-0.2, 0) is 17.9 Å². The molecule has 0 aromatic heterocycles. The molecule has 2 aromatic rings. The van der Waals surface area contributed by atoms with Crippen LogP contribution in [0, 0.1) is 0 Å². The summed E-state index contributed by atoms with van der Waals surface area (Å²) in [5.74, 6) is 1.43. The highest BCUT2D eigenvalue weighted by atomic mass is 79.9. The van der Waals surface area contributed by atoms with Crippen LogP contribution in [0.15, 0.2) is 46.9 Å². The minimum atomic E-state index is 0.0406. The third kappa shape index (κ3) is 6.32. The van der Waals surface area contributed by atoms with Gasteiger partial charge in [-0.15, -0.1) is 0 Å². The van der Waals surface area contributed by atoms with Gasteiger partial charge in [0.1, 0.15) is 6.61 Å². The largest absolute Gasteiger partial charge is 0.493 e. The van der Waals surface area contributed by atoms with Gasteiger partial charge in [0, 0.05) is 23.1 Å². The van der Waals surface area contributed by atoms with Crippen LogP contribution in [0.25, 0.3) is 0 Å². The number of aliphatic hydroxyl groups excluding tert-OH is 1. The molecular formula is C19H24BrNO4. The second-order valence-corrected chi connectivity index (χ2v) is 6.20. The van der Waals surface area contributed by atoms with Gasteiger partial charge in [0.05, 0.1) is 26.9 Å². The third-order valence-corrected chi connectivity index (χ3v) is 4.32. The van der Waals surface area contributed by atoms with E-state index in [4.69, 9.17) is 19.3 Å². The van der Waals surface area contributed by atoms with Crippen LogP contribution in [0.5, 0.6) is 11.5 Å². The van der Waals surface area contributed by atoms with E-state index < -0.39 is 0 Å². The lowest BCUT2D eigenvalue weighted by atomic mass is 10.1. The minimum absolute atomic E-state index is 0.0406. The van der Waals surface area contributed by atoms with E-state index in [9.17, 15) is 0 Å². The van der Waals surface area contributed by atoms with Crippen LogP contribution in [0.4, 0.5) is 0 Å². The molecule has 0 unspecified atom stereocenters. The molecule has 0 amide bonds. The first-order valence-corrected chi connectivity index (χ1v) is 8.97. The van der Waals surface area contributed by atoms with Crippen molar-refractivity contribution < 1.29 is 19.3 Å². The SMILES string of the molecule is COc1ccc(Br)c(CNCCOCCO)c1OCc1ccccc1. The van der Waals surface area contributed by atoms with Crippen molar-refractivity contribution in [3.63, 3.8) is 0 Å². The Labute approximate surface area is 157 Å². The minimum Gasteiger partial charge on any atom is -0.493 e. The first kappa shape index (κ1) is 19.7. The summed E-state index contributed by atoms with van der Waals surface area (Å²) in [7, 11) is 1.64. The van der Waals surface area contributed by atoms with E-state index in [2.05, 4.69) is 21.2 Å². The number of methoxy groups -OCH3 is 1. The molecule has 2 aromatic carbocycles. The van der Waals surface area contributed by atoms with Gasteiger partial charge in [0.25, 0.3) is 0 Å². The maximum Gasteiger partial charge on any atom is 0.167 e. The average molecular weight is 410 g/mol. The lowest BCUT2D eigenvalue weighted by Gasteiger charge is -2.17. The fraction of sp³-hybridized carbons (Fsp3) is 0.368. The Hall–Kier alpha value is -1.60. The first-order valence-electron chi connectivity index (χ1n) is 8.17. The van der Waals surface area contributed by atoms with E-state index in [-0.39, 0.29) is 6.61 Å². The van der Waals surface area contributed by atoms with Crippen LogP contribution in [-0.4, -0.2) is 38.6 Å². The Bertz CT molecular complexity index is 637. The molecule has 5 nitrogen and oxygen atoms in total. The summed E-state index contributed by atoms with van der Waals surface area (Å²) >= 11 is 3.59. The molecule has 136 valence electrons. The van der Waals surface area contributed by atoms with Gasteiger partial charge in [-0.1, -0.05) is 46.3 Å². The van der Waals surface area contributed by atoms with E-state index in [0.29, 0.717) is 38.7 Å². The standard InChI is InChI=1S/C19H24BrNO4/c1-23-18-8-7-17(20)16(13-21-9-11-24-12-10-22)19(18)25-14-15-5-3-2-4-6-15/h2-8,21-22H,9-14H2,1H3. The number of rotatable bonds is 11. The molecule has 0 radical (unpaired) electrons. The maximum absolute atomic E-state index is 8.70. The highest BCUT2D eigenvalue weighted by Crippen LogP contribution is 2.36. The van der Waals surface area contributed by atoms with Crippen molar-refractivity contribution in [2.75, 3.05) is 33.5 Å². The molecule has 2 rings (SSSR count). The second-order valence-electron chi connectivity index (χ2n) is 5.34. The van der Waals surface area contributed by atoms with Crippen LogP contribution >= 0.6 is 15.9 Å². The van der Waals surface area contributed by atoms with Gasteiger partial charge in [-0.2, -0.15) is 0 Å². The van der Waals surface area contributed by atoms with Gasteiger partial charge in [0.15, 0.2) is 11.5 Å². The van der Waals surface area contributed by atoms with Crippen molar-refractivity contribution >= 4 is 15.9 Å². The Morgan fingerprint density at radius 1 is 1.08 bits per heavy atom. The number of benzene rings is 2. The molecule has 6 heteroatoms. The van der Waals surface area contributed by atoms with E-state index >= 15 is 0 Å². The lowest BCUT2D eigenvalue weighted by Crippen LogP contribution is -2.20. The number of hydrogen-bond acceptors (Lipinski definition) is 5. The summed E-state index contributed by atoms with van der Waals surface area (Å²) < 4.78 is 17.7. The Kier molecular flexibility index (Phi) is 8.76. The summed E-state index contributed by atoms with van der Waals surface area (Å²) in [5, 5.41) is 12.0. The van der Waals surface area contributed by atoms with E-state index in [0.717, 1.165) is 21.3 Å². The number of nitrogens with one attached hydrogen (secondary N) is 1. The summed E-state index contributed by atoms with van der Waals surface area (Å²) in [6.45, 7) is 2.71. The van der Waals surface area contributed by atoms with Crippen molar-refractivity contribution in [2.24, 2.45) is 0 Å². The van der Waals surface area contributed by atoms with Gasteiger partial charge in [-0.05, 0) is 17.7 Å². The Morgan fingerprint density at radius 2 is 1.88 bits per heavy atom. The number of aliphatic hydroxyl groups is 1. The van der Waals surface area contributed by atoms with Gasteiger partial charge in [-0.3, -0.25) is 0 Å². The second kappa shape index (κ2) is 11.1. The van der Waals surface area contributed by atoms with Crippen molar-refractivity contribution in [2.45, 2.75) is 13.2 Å². The zero-order valence-corrected chi connectivity index (χ0v) is 15.9.